The van der Waals surface area contributed by atoms with E-state index in [9.17, 15) is 24.2 Å². The van der Waals surface area contributed by atoms with Crippen LogP contribution in [0.15, 0.2) is 109 Å². The highest BCUT2D eigenvalue weighted by Gasteiger charge is 2.25. The maximum absolute atomic E-state index is 14.2. The van der Waals surface area contributed by atoms with E-state index in [0.29, 0.717) is 33.3 Å². The van der Waals surface area contributed by atoms with E-state index < -0.39 is 24.6 Å². The third-order valence-electron chi connectivity index (χ3n) is 8.40. The van der Waals surface area contributed by atoms with Crippen LogP contribution in [-0.2, 0) is 11.3 Å². The molecule has 264 valence electrons. The molecular weight excluding hydrogens is 668 g/mol. The van der Waals surface area contributed by atoms with Gasteiger partial charge in [-0.1, -0.05) is 74.5 Å². The number of anilines is 3. The van der Waals surface area contributed by atoms with Crippen molar-refractivity contribution in [2.24, 2.45) is 0 Å². The fourth-order valence-corrected chi connectivity index (χ4v) is 6.31. The van der Waals surface area contributed by atoms with Crippen LogP contribution in [0.3, 0.4) is 0 Å². The molecule has 1 aromatic heterocycles. The number of rotatable bonds is 14. The molecule has 5 aromatic rings. The molecule has 0 aliphatic rings. The summed E-state index contributed by atoms with van der Waals surface area (Å²) in [7, 11) is 0. The quantitative estimate of drug-likeness (QED) is 0.0637. The van der Waals surface area contributed by atoms with Crippen molar-refractivity contribution < 1.29 is 29.3 Å². The van der Waals surface area contributed by atoms with Gasteiger partial charge in [0.15, 0.2) is 5.11 Å². The topological polar surface area (TPSA) is 136 Å². The lowest BCUT2D eigenvalue weighted by molar-refractivity contribution is -0.139. The van der Waals surface area contributed by atoms with Gasteiger partial charge in [0.2, 0.25) is 0 Å². The number of halogens is 1. The molecule has 0 unspecified atom stereocenters. The van der Waals surface area contributed by atoms with E-state index in [0.717, 1.165) is 22.4 Å². The average molecular weight is 709 g/mol. The molecule has 5 rings (SSSR count). The van der Waals surface area contributed by atoms with E-state index in [4.69, 9.17) is 17.3 Å². The molecule has 1 amide bonds. The molecular formula is C40H41FN4O5S. The molecule has 2 atom stereocenters. The van der Waals surface area contributed by atoms with E-state index in [1.807, 2.05) is 66.7 Å². The van der Waals surface area contributed by atoms with Gasteiger partial charge in [-0.25, -0.2) is 4.39 Å². The number of hydrogen-bond acceptors (Lipinski definition) is 5. The Morgan fingerprint density at radius 3 is 2.14 bits per heavy atom. The van der Waals surface area contributed by atoms with Crippen molar-refractivity contribution in [3.63, 3.8) is 0 Å². The van der Waals surface area contributed by atoms with E-state index >= 15 is 0 Å². The normalized spacial score (nSPS) is 12.3. The van der Waals surface area contributed by atoms with Gasteiger partial charge in [-0.3, -0.25) is 9.59 Å². The van der Waals surface area contributed by atoms with Crippen LogP contribution < -0.4 is 16.0 Å². The fraction of sp³-hybridized carbons (Fsp3) is 0.225. The van der Waals surface area contributed by atoms with Crippen LogP contribution in [0, 0.1) is 5.82 Å². The summed E-state index contributed by atoms with van der Waals surface area (Å²) in [6.07, 6.45) is -0.760. The monoisotopic (exact) mass is 708 g/mol. The van der Waals surface area contributed by atoms with Crippen molar-refractivity contribution in [3.05, 3.63) is 126 Å². The highest BCUT2D eigenvalue weighted by Crippen LogP contribution is 2.46. The van der Waals surface area contributed by atoms with Gasteiger partial charge in [-0.2, -0.15) is 0 Å². The number of aliphatic hydroxyl groups is 2. The summed E-state index contributed by atoms with van der Waals surface area (Å²) in [5.41, 5.74) is 6.34. The zero-order valence-electron chi connectivity index (χ0n) is 28.3. The highest BCUT2D eigenvalue weighted by atomic mass is 32.1. The van der Waals surface area contributed by atoms with Crippen LogP contribution in [0.2, 0.25) is 0 Å². The number of aliphatic hydroxyl groups excluding tert-OH is 2. The maximum atomic E-state index is 14.2. The third-order valence-corrected chi connectivity index (χ3v) is 8.60. The summed E-state index contributed by atoms with van der Waals surface area (Å²) in [6, 6.07) is 30.7. The third kappa shape index (κ3) is 9.66. The second-order valence-corrected chi connectivity index (χ2v) is 13.0. The molecule has 11 heteroatoms. The van der Waals surface area contributed by atoms with Crippen LogP contribution >= 0.6 is 12.2 Å². The number of carbonyl (C=O) groups is 2. The van der Waals surface area contributed by atoms with Gasteiger partial charge in [0.05, 0.1) is 24.3 Å². The molecule has 0 aliphatic heterocycles. The number of aromatic nitrogens is 1. The molecule has 6 N–H and O–H groups in total. The first kappa shape index (κ1) is 36.9. The number of benzene rings is 4. The molecule has 0 aliphatic carbocycles. The fourth-order valence-electron chi connectivity index (χ4n) is 6.09. The predicted molar refractivity (Wildman–Crippen MR) is 204 cm³/mol. The number of nitrogens with one attached hydrogen (secondary N) is 3. The molecule has 0 saturated carbocycles. The highest BCUT2D eigenvalue weighted by molar-refractivity contribution is 7.80. The number of amides is 1. The molecule has 1 heterocycles. The lowest BCUT2D eigenvalue weighted by Gasteiger charge is -2.26. The molecule has 9 nitrogen and oxygen atoms in total. The molecule has 0 radical (unpaired) electrons. The predicted octanol–water partition coefficient (Wildman–Crippen LogP) is 8.12. The van der Waals surface area contributed by atoms with E-state index in [1.165, 1.54) is 12.1 Å². The first-order chi connectivity index (χ1) is 24.5. The average Bonchev–Trinajstić information content (AvgIpc) is 3.57. The Balaban J connectivity index is 1.56. The summed E-state index contributed by atoms with van der Waals surface area (Å²) in [6.45, 7) is 4.38. The Morgan fingerprint density at radius 1 is 0.824 bits per heavy atom. The van der Waals surface area contributed by atoms with Gasteiger partial charge in [0.1, 0.15) is 11.5 Å². The number of aliphatic carboxylic acids is 1. The number of aryl methyl sites for hydroxylation is 1. The molecule has 0 spiro atoms. The van der Waals surface area contributed by atoms with Gasteiger partial charge < -0.3 is 35.8 Å². The van der Waals surface area contributed by atoms with E-state index in [1.54, 1.807) is 35.0 Å². The molecule has 51 heavy (non-hydrogen) atoms. The summed E-state index contributed by atoms with van der Waals surface area (Å²) < 4.78 is 15.9. The molecule has 0 saturated heterocycles. The zero-order valence-corrected chi connectivity index (χ0v) is 29.2. The van der Waals surface area contributed by atoms with Crippen LogP contribution in [0.4, 0.5) is 21.5 Å². The SMILES string of the molecule is CC(C)c1c(NC(=S)Nc2ccccc2)c(-c2ccc(F)cc2)cc(NC(=O)c2cccn2CC[C@@H](O)C[C@@H](O)CC(=O)O)c1-c1ccccc1. The lowest BCUT2D eigenvalue weighted by Crippen LogP contribution is -2.23. The first-order valence-corrected chi connectivity index (χ1v) is 17.1. The largest absolute Gasteiger partial charge is 0.481 e. The number of hydrogen-bond donors (Lipinski definition) is 6. The Kier molecular flexibility index (Phi) is 12.3. The number of carbonyl (C=O) groups excluding carboxylic acids is 1. The van der Waals surface area contributed by atoms with Crippen molar-refractivity contribution in [1.82, 2.24) is 4.57 Å². The van der Waals surface area contributed by atoms with Crippen molar-refractivity contribution in [1.29, 1.82) is 0 Å². The molecule has 0 bridgehead atoms. The summed E-state index contributed by atoms with van der Waals surface area (Å²) >= 11 is 5.80. The Bertz CT molecular complexity index is 1970. The summed E-state index contributed by atoms with van der Waals surface area (Å²) in [5, 5.41) is 39.5. The summed E-state index contributed by atoms with van der Waals surface area (Å²) in [5.74, 6) is -1.98. The number of carboxylic acid groups (broad SMARTS) is 1. The number of nitrogens with zero attached hydrogens (tertiary/aromatic N) is 1. The first-order valence-electron chi connectivity index (χ1n) is 16.7. The number of carboxylic acids is 1. The Morgan fingerprint density at radius 2 is 1.49 bits per heavy atom. The van der Waals surface area contributed by atoms with Crippen molar-refractivity contribution >= 4 is 46.3 Å². The minimum atomic E-state index is -1.17. The van der Waals surface area contributed by atoms with Gasteiger partial charge in [0.25, 0.3) is 5.91 Å². The van der Waals surface area contributed by atoms with E-state index in [-0.39, 0.29) is 37.0 Å². The molecule has 4 aromatic carbocycles. The number of para-hydroxylation sites is 1. The second-order valence-electron chi connectivity index (χ2n) is 12.6. The smallest absolute Gasteiger partial charge is 0.305 e. The second kappa shape index (κ2) is 17.0. The van der Waals surface area contributed by atoms with Crippen molar-refractivity contribution in [3.8, 4) is 22.3 Å². The summed E-state index contributed by atoms with van der Waals surface area (Å²) in [4.78, 5) is 25.0. The van der Waals surface area contributed by atoms with Crippen LogP contribution in [0.25, 0.3) is 22.3 Å². The van der Waals surface area contributed by atoms with Crippen molar-refractivity contribution in [2.45, 2.75) is 57.8 Å². The van der Waals surface area contributed by atoms with Gasteiger partial charge in [-0.15, -0.1) is 0 Å². The minimum Gasteiger partial charge on any atom is -0.481 e. The maximum Gasteiger partial charge on any atom is 0.305 e. The number of thiocarbonyl (C=S) groups is 1. The van der Waals surface area contributed by atoms with Gasteiger partial charge >= 0.3 is 5.97 Å². The van der Waals surface area contributed by atoms with Crippen molar-refractivity contribution in [2.75, 3.05) is 16.0 Å². The van der Waals surface area contributed by atoms with Crippen LogP contribution in [-0.4, -0.2) is 49.1 Å². The lowest BCUT2D eigenvalue weighted by atomic mass is 9.85. The van der Waals surface area contributed by atoms with Crippen LogP contribution in [0.1, 0.15) is 55.1 Å². The van der Waals surface area contributed by atoms with Gasteiger partial charge in [-0.05, 0) is 90.1 Å². The molecule has 0 fully saturated rings. The zero-order chi connectivity index (χ0) is 36.5. The van der Waals surface area contributed by atoms with Gasteiger partial charge in [0, 0.05) is 35.2 Å². The standard InChI is InChI=1S/C40H41FN4O5S/c1-25(2)36-37(27-10-5-3-6-11-27)33(43-39(50)34-14-9-20-45(34)21-19-30(46)22-31(47)23-35(48)49)24-32(26-15-17-28(41)18-16-26)38(36)44-40(51)42-29-12-7-4-8-13-29/h3-18,20,24-25,30-31,46-47H,19,21-23H2,1-2H3,(H,43,50)(H,48,49)(H2,42,44,51)/t30-,31-/m1/s1. The Labute approximate surface area is 301 Å². The Hall–Kier alpha value is -5.36. The van der Waals surface area contributed by atoms with E-state index in [2.05, 4.69) is 29.8 Å². The van der Waals surface area contributed by atoms with Crippen LogP contribution in [0.5, 0.6) is 0 Å². The minimum absolute atomic E-state index is 0.0693.